The second kappa shape index (κ2) is 5.59. The average molecular weight is 275 g/mol. The lowest BCUT2D eigenvalue weighted by Gasteiger charge is -2.21. The number of aromatic nitrogens is 1. The molecule has 0 aliphatic carbocycles. The van der Waals surface area contributed by atoms with Crippen LogP contribution in [-0.2, 0) is 13.1 Å². The Hall–Kier alpha value is -1.59. The van der Waals surface area contributed by atoms with Crippen molar-refractivity contribution >= 4 is 17.0 Å². The van der Waals surface area contributed by atoms with E-state index in [4.69, 9.17) is 4.74 Å². The predicted octanol–water partition coefficient (Wildman–Crippen LogP) is 2.55. The van der Waals surface area contributed by atoms with Gasteiger partial charge in [-0.3, -0.25) is 0 Å². The molecule has 0 saturated heterocycles. The molecule has 1 aliphatic rings. The summed E-state index contributed by atoms with van der Waals surface area (Å²) in [4.78, 5) is 5.60. The molecule has 1 aliphatic heterocycles. The number of thiazole rings is 1. The van der Waals surface area contributed by atoms with Crippen LogP contribution in [0.5, 0.6) is 5.75 Å². The zero-order valence-electron chi connectivity index (χ0n) is 10.9. The van der Waals surface area contributed by atoms with Gasteiger partial charge in [0.2, 0.25) is 0 Å². The lowest BCUT2D eigenvalue weighted by Crippen LogP contribution is -2.20. The van der Waals surface area contributed by atoms with Crippen LogP contribution in [0.15, 0.2) is 24.4 Å². The SMILES string of the molecule is Cc1cnc(CNCc2cccc3c2OCCN3)s1. The molecular weight excluding hydrogens is 258 g/mol. The van der Waals surface area contributed by atoms with Crippen LogP contribution in [0.4, 0.5) is 5.69 Å². The van der Waals surface area contributed by atoms with Crippen LogP contribution in [0.25, 0.3) is 0 Å². The fraction of sp³-hybridized carbons (Fsp3) is 0.357. The first-order chi connectivity index (χ1) is 9.33. The second-order valence-corrected chi connectivity index (χ2v) is 5.86. The lowest BCUT2D eigenvalue weighted by atomic mass is 10.1. The van der Waals surface area contributed by atoms with Crippen molar-refractivity contribution in [3.63, 3.8) is 0 Å². The Labute approximate surface area is 116 Å². The molecule has 0 unspecified atom stereocenters. The Bertz CT molecular complexity index is 568. The fourth-order valence-corrected chi connectivity index (χ4v) is 2.92. The van der Waals surface area contributed by atoms with Crippen molar-refractivity contribution in [3.05, 3.63) is 39.8 Å². The number of hydrogen-bond acceptors (Lipinski definition) is 5. The number of anilines is 1. The smallest absolute Gasteiger partial charge is 0.146 e. The molecule has 0 radical (unpaired) electrons. The van der Waals surface area contributed by atoms with Gasteiger partial charge in [0.05, 0.1) is 5.69 Å². The molecule has 0 fully saturated rings. The van der Waals surface area contributed by atoms with Gasteiger partial charge in [-0.2, -0.15) is 0 Å². The van der Waals surface area contributed by atoms with E-state index in [9.17, 15) is 0 Å². The van der Waals surface area contributed by atoms with Crippen LogP contribution in [0, 0.1) is 6.92 Å². The van der Waals surface area contributed by atoms with Crippen molar-refractivity contribution in [1.82, 2.24) is 10.3 Å². The Morgan fingerprint density at radius 2 is 2.37 bits per heavy atom. The van der Waals surface area contributed by atoms with E-state index in [2.05, 4.69) is 40.7 Å². The summed E-state index contributed by atoms with van der Waals surface area (Å²) in [6, 6.07) is 6.22. The summed E-state index contributed by atoms with van der Waals surface area (Å²) in [6.45, 7) is 5.28. The molecule has 2 N–H and O–H groups in total. The largest absolute Gasteiger partial charge is 0.489 e. The third-order valence-electron chi connectivity index (χ3n) is 3.02. The van der Waals surface area contributed by atoms with Crippen molar-refractivity contribution in [3.8, 4) is 5.75 Å². The third kappa shape index (κ3) is 2.88. The van der Waals surface area contributed by atoms with Crippen molar-refractivity contribution < 1.29 is 4.74 Å². The quantitative estimate of drug-likeness (QED) is 0.900. The molecule has 0 saturated carbocycles. The number of benzene rings is 1. The molecule has 0 bridgehead atoms. The highest BCUT2D eigenvalue weighted by Crippen LogP contribution is 2.31. The third-order valence-corrected chi connectivity index (χ3v) is 3.93. The van der Waals surface area contributed by atoms with Crippen LogP contribution in [0.3, 0.4) is 0 Å². The molecule has 2 aromatic rings. The van der Waals surface area contributed by atoms with E-state index in [-0.39, 0.29) is 0 Å². The molecule has 0 spiro atoms. The van der Waals surface area contributed by atoms with E-state index >= 15 is 0 Å². The molecular formula is C14H17N3OS. The number of hydrogen-bond donors (Lipinski definition) is 2. The number of para-hydroxylation sites is 1. The van der Waals surface area contributed by atoms with Gasteiger partial charge >= 0.3 is 0 Å². The minimum absolute atomic E-state index is 0.732. The van der Waals surface area contributed by atoms with Crippen molar-refractivity contribution in [1.29, 1.82) is 0 Å². The summed E-state index contributed by atoms with van der Waals surface area (Å²) in [5.41, 5.74) is 2.29. The van der Waals surface area contributed by atoms with Gasteiger partial charge in [-0.25, -0.2) is 4.98 Å². The summed E-state index contributed by atoms with van der Waals surface area (Å²) < 4.78 is 5.75. The predicted molar refractivity (Wildman–Crippen MR) is 77.8 cm³/mol. The highest BCUT2D eigenvalue weighted by molar-refractivity contribution is 7.11. The van der Waals surface area contributed by atoms with Crippen LogP contribution >= 0.6 is 11.3 Å². The summed E-state index contributed by atoms with van der Waals surface area (Å²) in [5.74, 6) is 0.983. The van der Waals surface area contributed by atoms with E-state index in [0.29, 0.717) is 0 Å². The first-order valence-corrected chi connectivity index (χ1v) is 7.25. The molecule has 4 nitrogen and oxygen atoms in total. The normalized spacial score (nSPS) is 13.5. The van der Waals surface area contributed by atoms with E-state index in [1.54, 1.807) is 11.3 Å². The highest BCUT2D eigenvalue weighted by atomic mass is 32.1. The van der Waals surface area contributed by atoms with Crippen LogP contribution in [0.2, 0.25) is 0 Å². The number of fused-ring (bicyclic) bond motifs is 1. The number of ether oxygens (including phenoxy) is 1. The van der Waals surface area contributed by atoms with Crippen LogP contribution in [0.1, 0.15) is 15.4 Å². The number of rotatable bonds is 4. The zero-order chi connectivity index (χ0) is 13.1. The molecule has 19 heavy (non-hydrogen) atoms. The summed E-state index contributed by atoms with van der Waals surface area (Å²) in [5, 5.41) is 7.90. The van der Waals surface area contributed by atoms with Gasteiger partial charge in [0.1, 0.15) is 17.4 Å². The Kier molecular flexibility index (Phi) is 3.66. The van der Waals surface area contributed by atoms with Crippen LogP contribution < -0.4 is 15.4 Å². The molecule has 2 heterocycles. The first-order valence-electron chi connectivity index (χ1n) is 6.43. The van der Waals surface area contributed by atoms with Gasteiger partial charge in [-0.05, 0) is 13.0 Å². The Morgan fingerprint density at radius 1 is 1.42 bits per heavy atom. The summed E-state index contributed by atoms with van der Waals surface area (Å²) in [6.07, 6.45) is 1.92. The van der Waals surface area contributed by atoms with Gasteiger partial charge in [0.25, 0.3) is 0 Å². The highest BCUT2D eigenvalue weighted by Gasteiger charge is 2.13. The molecule has 1 aromatic carbocycles. The van der Waals surface area contributed by atoms with Gasteiger partial charge in [-0.1, -0.05) is 12.1 Å². The standard InChI is InChI=1S/C14H17N3OS/c1-10-7-17-13(19-10)9-15-8-11-3-2-4-12-14(11)18-6-5-16-12/h2-4,7,15-16H,5-6,8-9H2,1H3. The maximum absolute atomic E-state index is 5.75. The monoisotopic (exact) mass is 275 g/mol. The van der Waals surface area contributed by atoms with Gasteiger partial charge in [0.15, 0.2) is 0 Å². The maximum atomic E-state index is 5.75. The first kappa shape index (κ1) is 12.4. The summed E-state index contributed by atoms with van der Waals surface area (Å²) >= 11 is 1.73. The zero-order valence-corrected chi connectivity index (χ0v) is 11.7. The lowest BCUT2D eigenvalue weighted by molar-refractivity contribution is 0.319. The van der Waals surface area contributed by atoms with E-state index < -0.39 is 0 Å². The molecule has 100 valence electrons. The number of aryl methyl sites for hydroxylation is 1. The van der Waals surface area contributed by atoms with Gasteiger partial charge < -0.3 is 15.4 Å². The topological polar surface area (TPSA) is 46.2 Å². The van der Waals surface area contributed by atoms with Crippen molar-refractivity contribution in [2.45, 2.75) is 20.0 Å². The molecule has 1 aromatic heterocycles. The number of nitrogens with zero attached hydrogens (tertiary/aromatic N) is 1. The minimum atomic E-state index is 0.732. The van der Waals surface area contributed by atoms with Crippen molar-refractivity contribution in [2.24, 2.45) is 0 Å². The molecule has 0 atom stereocenters. The van der Waals surface area contributed by atoms with E-state index in [1.807, 2.05) is 6.20 Å². The van der Waals surface area contributed by atoms with Gasteiger partial charge in [0, 0.05) is 36.3 Å². The average Bonchev–Trinajstić information content (AvgIpc) is 2.85. The number of nitrogens with one attached hydrogen (secondary N) is 2. The maximum Gasteiger partial charge on any atom is 0.146 e. The van der Waals surface area contributed by atoms with Crippen LogP contribution in [-0.4, -0.2) is 18.1 Å². The Balaban J connectivity index is 1.64. The van der Waals surface area contributed by atoms with E-state index in [0.717, 1.165) is 42.7 Å². The van der Waals surface area contributed by atoms with Crippen molar-refractivity contribution in [2.75, 3.05) is 18.5 Å². The Morgan fingerprint density at radius 3 is 3.21 bits per heavy atom. The summed E-state index contributed by atoms with van der Waals surface area (Å²) in [7, 11) is 0. The molecule has 3 rings (SSSR count). The second-order valence-electron chi connectivity index (χ2n) is 4.54. The fourth-order valence-electron chi connectivity index (χ4n) is 2.16. The van der Waals surface area contributed by atoms with E-state index in [1.165, 1.54) is 10.4 Å². The van der Waals surface area contributed by atoms with Gasteiger partial charge in [-0.15, -0.1) is 11.3 Å². The molecule has 0 amide bonds. The molecule has 5 heteroatoms. The minimum Gasteiger partial charge on any atom is -0.489 e.